The SMILES string of the molecule is CC1(C)CC1C(=O)OC(Br)C(Br)(Br)Br. The molecule has 1 saturated carbocycles. The van der Waals surface area contributed by atoms with Gasteiger partial charge in [-0.25, -0.2) is 0 Å². The van der Waals surface area contributed by atoms with Crippen LogP contribution in [-0.4, -0.2) is 13.1 Å². The largest absolute Gasteiger partial charge is 0.447 e. The molecule has 0 amide bonds. The van der Waals surface area contributed by atoms with E-state index in [4.69, 9.17) is 4.74 Å². The van der Waals surface area contributed by atoms with Gasteiger partial charge in [-0.1, -0.05) is 61.6 Å². The van der Waals surface area contributed by atoms with Crippen molar-refractivity contribution in [2.24, 2.45) is 11.3 Å². The fourth-order valence-corrected chi connectivity index (χ4v) is 1.59. The van der Waals surface area contributed by atoms with E-state index in [0.717, 1.165) is 6.42 Å². The van der Waals surface area contributed by atoms with Crippen LogP contribution in [0.25, 0.3) is 0 Å². The second-order valence-electron chi connectivity index (χ2n) is 4.04. The molecule has 0 aromatic carbocycles. The molecule has 0 aromatic rings. The Morgan fingerprint density at radius 2 is 1.93 bits per heavy atom. The maximum Gasteiger partial charge on any atom is 0.310 e. The number of alkyl halides is 4. The Kier molecular flexibility index (Phi) is 4.17. The molecule has 1 aliphatic rings. The summed E-state index contributed by atoms with van der Waals surface area (Å²) in [5.74, 6) is -0.114. The molecule has 0 saturated heterocycles. The highest BCUT2D eigenvalue weighted by molar-refractivity contribution is 9.40. The van der Waals surface area contributed by atoms with Gasteiger partial charge < -0.3 is 4.74 Å². The summed E-state index contributed by atoms with van der Waals surface area (Å²) in [6, 6.07) is 0. The Hall–Kier alpha value is 1.39. The van der Waals surface area contributed by atoms with Crippen LogP contribution in [0.5, 0.6) is 0 Å². The molecule has 0 aliphatic heterocycles. The summed E-state index contributed by atoms with van der Waals surface area (Å²) in [5, 5.41) is -0.445. The van der Waals surface area contributed by atoms with E-state index in [1.165, 1.54) is 0 Å². The summed E-state index contributed by atoms with van der Waals surface area (Å²) in [6.45, 7) is 4.12. The van der Waals surface area contributed by atoms with Gasteiger partial charge in [-0.15, -0.1) is 0 Å². The smallest absolute Gasteiger partial charge is 0.310 e. The molecule has 0 spiro atoms. The number of rotatable bonds is 2. The standard InChI is InChI=1S/C8H10Br4O2/c1-7(2)3-4(7)5(13)14-6(9)8(10,11)12/h4,6H,3H2,1-2H3. The summed E-state index contributed by atoms with van der Waals surface area (Å²) >= 11 is 13.1. The van der Waals surface area contributed by atoms with Crippen molar-refractivity contribution in [3.05, 3.63) is 0 Å². The van der Waals surface area contributed by atoms with Gasteiger partial charge in [-0.05, 0) is 27.8 Å². The first-order valence-electron chi connectivity index (χ1n) is 4.06. The molecule has 2 atom stereocenters. The summed E-state index contributed by atoms with van der Waals surface area (Å²) in [7, 11) is 0. The lowest BCUT2D eigenvalue weighted by molar-refractivity contribution is -0.146. The molecule has 2 unspecified atom stereocenters. The zero-order valence-electron chi connectivity index (χ0n) is 7.69. The average Bonchev–Trinajstić information content (AvgIpc) is 2.57. The van der Waals surface area contributed by atoms with E-state index >= 15 is 0 Å². The number of hydrogen-bond donors (Lipinski definition) is 0. The molecule has 1 rings (SSSR count). The second kappa shape index (κ2) is 4.34. The number of hydrogen-bond acceptors (Lipinski definition) is 2. The molecule has 0 aromatic heterocycles. The van der Waals surface area contributed by atoms with Gasteiger partial charge in [0, 0.05) is 0 Å². The molecule has 1 aliphatic carbocycles. The Morgan fingerprint density at radius 3 is 2.21 bits per heavy atom. The minimum Gasteiger partial charge on any atom is -0.447 e. The third-order valence-electron chi connectivity index (χ3n) is 2.27. The normalized spacial score (nSPS) is 26.9. The molecule has 82 valence electrons. The molecule has 6 heteroatoms. The van der Waals surface area contributed by atoms with Crippen LogP contribution >= 0.6 is 63.7 Å². The molecule has 0 heterocycles. The van der Waals surface area contributed by atoms with Crippen LogP contribution in [0.1, 0.15) is 20.3 Å². The van der Waals surface area contributed by atoms with E-state index in [0.29, 0.717) is 0 Å². The Labute approximate surface area is 117 Å². The predicted molar refractivity (Wildman–Crippen MR) is 70.2 cm³/mol. The van der Waals surface area contributed by atoms with Gasteiger partial charge in [0.15, 0.2) is 7.16 Å². The van der Waals surface area contributed by atoms with Gasteiger partial charge in [0.25, 0.3) is 0 Å². The third-order valence-corrected chi connectivity index (χ3v) is 6.24. The highest BCUT2D eigenvalue weighted by Gasteiger charge is 2.52. The van der Waals surface area contributed by atoms with Crippen LogP contribution < -0.4 is 0 Å². The lowest BCUT2D eigenvalue weighted by Crippen LogP contribution is -2.25. The summed E-state index contributed by atoms with van der Waals surface area (Å²) < 4.78 is 4.60. The third kappa shape index (κ3) is 3.46. The highest BCUT2D eigenvalue weighted by atomic mass is 80.0. The van der Waals surface area contributed by atoms with Gasteiger partial charge in [-0.3, -0.25) is 4.79 Å². The average molecular weight is 458 g/mol. The fourth-order valence-electron chi connectivity index (χ4n) is 1.12. The molecule has 14 heavy (non-hydrogen) atoms. The first kappa shape index (κ1) is 13.5. The zero-order chi connectivity index (χ0) is 11.1. The van der Waals surface area contributed by atoms with E-state index in [1.807, 2.05) is 0 Å². The lowest BCUT2D eigenvalue weighted by Gasteiger charge is -2.20. The van der Waals surface area contributed by atoms with Crippen molar-refractivity contribution in [1.82, 2.24) is 0 Å². The van der Waals surface area contributed by atoms with Crippen LogP contribution in [0.2, 0.25) is 0 Å². The zero-order valence-corrected chi connectivity index (χ0v) is 14.0. The lowest BCUT2D eigenvalue weighted by atomic mass is 10.1. The maximum atomic E-state index is 11.6. The van der Waals surface area contributed by atoms with E-state index in [1.54, 1.807) is 0 Å². The van der Waals surface area contributed by atoms with Crippen molar-refractivity contribution >= 4 is 69.7 Å². The van der Waals surface area contributed by atoms with Crippen molar-refractivity contribution in [2.45, 2.75) is 27.4 Å². The van der Waals surface area contributed by atoms with E-state index < -0.39 is 7.16 Å². The molecular formula is C8H10Br4O2. The number of ether oxygens (including phenoxy) is 1. The van der Waals surface area contributed by atoms with Gasteiger partial charge >= 0.3 is 5.97 Å². The minimum absolute atomic E-state index is 0.0393. The molecule has 0 radical (unpaired) electrons. The summed E-state index contributed by atoms with van der Waals surface area (Å²) in [5.41, 5.74) is 0.109. The predicted octanol–water partition coefficient (Wildman–Crippen LogP) is 4.14. The first-order valence-corrected chi connectivity index (χ1v) is 7.35. The molecule has 0 N–H and O–H groups in total. The summed E-state index contributed by atoms with van der Waals surface area (Å²) in [4.78, 5) is 11.6. The molecule has 1 fully saturated rings. The number of carbonyl (C=O) groups excluding carboxylic acids is 1. The summed E-state index contributed by atoms with van der Waals surface area (Å²) in [6.07, 6.45) is 0.908. The number of carbonyl (C=O) groups is 1. The van der Waals surface area contributed by atoms with E-state index in [9.17, 15) is 4.79 Å². The van der Waals surface area contributed by atoms with Gasteiger partial charge in [0.2, 0.25) is 0 Å². The van der Waals surface area contributed by atoms with Crippen molar-refractivity contribution in [3.8, 4) is 0 Å². The molecular weight excluding hydrogens is 448 g/mol. The van der Waals surface area contributed by atoms with Gasteiger partial charge in [-0.2, -0.15) is 0 Å². The first-order chi connectivity index (χ1) is 6.14. The second-order valence-corrected chi connectivity index (χ2v) is 11.8. The van der Waals surface area contributed by atoms with E-state index in [-0.39, 0.29) is 17.3 Å². The van der Waals surface area contributed by atoms with Crippen LogP contribution in [0, 0.1) is 11.3 Å². The fraction of sp³-hybridized carbons (Fsp3) is 0.875. The number of halogens is 4. The Morgan fingerprint density at radius 1 is 1.50 bits per heavy atom. The van der Waals surface area contributed by atoms with Crippen LogP contribution in [-0.2, 0) is 9.53 Å². The number of esters is 1. The van der Waals surface area contributed by atoms with Crippen LogP contribution in [0.3, 0.4) is 0 Å². The molecule has 0 bridgehead atoms. The monoisotopic (exact) mass is 454 g/mol. The van der Waals surface area contributed by atoms with Crippen molar-refractivity contribution < 1.29 is 9.53 Å². The highest BCUT2D eigenvalue weighted by Crippen LogP contribution is 2.53. The minimum atomic E-state index is -0.609. The van der Waals surface area contributed by atoms with Crippen molar-refractivity contribution in [3.63, 3.8) is 0 Å². The molecule has 2 nitrogen and oxygen atoms in total. The van der Waals surface area contributed by atoms with Gasteiger partial charge in [0.05, 0.1) is 5.92 Å². The van der Waals surface area contributed by atoms with E-state index in [2.05, 4.69) is 77.6 Å². The van der Waals surface area contributed by atoms with Crippen LogP contribution in [0.4, 0.5) is 0 Å². The van der Waals surface area contributed by atoms with Crippen LogP contribution in [0.15, 0.2) is 0 Å². The van der Waals surface area contributed by atoms with Crippen molar-refractivity contribution in [2.75, 3.05) is 0 Å². The maximum absolute atomic E-state index is 11.6. The van der Waals surface area contributed by atoms with Crippen molar-refractivity contribution in [1.29, 1.82) is 0 Å². The van der Waals surface area contributed by atoms with Gasteiger partial charge in [0.1, 0.15) is 0 Å². The quantitative estimate of drug-likeness (QED) is 0.460. The Bertz CT molecular complexity index is 246. The topological polar surface area (TPSA) is 26.3 Å². The Balaban J connectivity index is 2.43.